The summed E-state index contributed by atoms with van der Waals surface area (Å²) in [7, 11) is -11.8. The summed E-state index contributed by atoms with van der Waals surface area (Å²) in [6.07, 6.45) is 10.4. The Hall–Kier alpha value is -0.990. The Bertz CT molecular complexity index is 1340. The van der Waals surface area contributed by atoms with Crippen molar-refractivity contribution in [1.29, 1.82) is 0 Å². The Morgan fingerprint density at radius 1 is 0.407 bits per heavy atom. The fourth-order valence-electron chi connectivity index (χ4n) is 6.40. The molecule has 0 fully saturated rings. The maximum Gasteiger partial charge on any atom is 0.402 e. The number of rotatable bonds is 38. The molecule has 0 amide bonds. The average Bonchev–Trinajstić information content (AvgIpc) is 3.08. The number of nitrogens with two attached hydrogens (primary N) is 3. The van der Waals surface area contributed by atoms with Crippen LogP contribution in [0.3, 0.4) is 0 Å². The molecule has 19 heteroatoms. The molecule has 0 spiro atoms. The molecule has 0 aromatic rings. The summed E-state index contributed by atoms with van der Waals surface area (Å²) in [5.74, 6) is 0.392. The molecular weight excluding hydrogens is 823 g/mol. The van der Waals surface area contributed by atoms with E-state index in [1.54, 1.807) is 0 Å². The van der Waals surface area contributed by atoms with Crippen LogP contribution in [0.4, 0.5) is 0 Å². The molecule has 348 valence electrons. The number of hydrogen-bond donors (Lipinski definition) is 5. The second-order valence-corrected chi connectivity index (χ2v) is 23.7. The van der Waals surface area contributed by atoms with Crippen LogP contribution in [0.2, 0.25) is 0 Å². The van der Waals surface area contributed by atoms with Crippen LogP contribution < -0.4 is 16.5 Å². The SMILES string of the molecule is CC(C)(CCCOP(N)(=O)OCCCC(C)(C)CCC(=O)CCCC(=O)CCCC(C)(C)COP(N)(=O)O)CCC(=O)CCCC(=O)CCCC(C)(C)COP(N)(=O)O. The van der Waals surface area contributed by atoms with Crippen molar-refractivity contribution in [2.24, 2.45) is 38.2 Å². The number of ketones is 4. The van der Waals surface area contributed by atoms with Gasteiger partial charge in [-0.3, -0.25) is 37.3 Å². The van der Waals surface area contributed by atoms with Gasteiger partial charge in [0.2, 0.25) is 0 Å². The third-order valence-corrected chi connectivity index (χ3v) is 12.5. The summed E-state index contributed by atoms with van der Waals surface area (Å²) in [5, 5.41) is 0. The van der Waals surface area contributed by atoms with E-state index in [9.17, 15) is 32.9 Å². The first-order valence-electron chi connectivity index (χ1n) is 21.1. The summed E-state index contributed by atoms with van der Waals surface area (Å²) in [5.41, 5.74) is 14.8. The zero-order valence-corrected chi connectivity index (χ0v) is 40.1. The Morgan fingerprint density at radius 2 is 0.678 bits per heavy atom. The lowest BCUT2D eigenvalue weighted by atomic mass is 9.82. The molecular formula is C40H80N3O13P3. The van der Waals surface area contributed by atoms with E-state index < -0.39 is 34.1 Å². The maximum absolute atomic E-state index is 12.7. The number of carbonyl (C=O) groups is 4. The van der Waals surface area contributed by atoms with Gasteiger partial charge in [-0.05, 0) is 98.7 Å². The fraction of sp³-hybridized carbons (Fsp3) is 0.900. The molecule has 0 bridgehead atoms. The molecule has 0 rings (SSSR count). The zero-order valence-electron chi connectivity index (χ0n) is 37.4. The van der Waals surface area contributed by atoms with Gasteiger partial charge in [0, 0.05) is 51.4 Å². The molecule has 16 nitrogen and oxygen atoms in total. The van der Waals surface area contributed by atoms with Gasteiger partial charge >= 0.3 is 23.2 Å². The molecule has 0 radical (unpaired) electrons. The number of hydrogen-bond acceptors (Lipinski definition) is 11. The minimum Gasteiger partial charge on any atom is -0.313 e. The third-order valence-electron chi connectivity index (χ3n) is 10.4. The van der Waals surface area contributed by atoms with Crippen molar-refractivity contribution in [3.05, 3.63) is 0 Å². The lowest BCUT2D eigenvalue weighted by Crippen LogP contribution is -2.20. The van der Waals surface area contributed by atoms with Crippen molar-refractivity contribution < 1.29 is 60.8 Å². The van der Waals surface area contributed by atoms with Crippen LogP contribution >= 0.6 is 23.2 Å². The lowest BCUT2D eigenvalue weighted by Gasteiger charge is -2.25. The van der Waals surface area contributed by atoms with Gasteiger partial charge in [0.05, 0.1) is 26.4 Å². The largest absolute Gasteiger partial charge is 0.402 e. The van der Waals surface area contributed by atoms with Crippen molar-refractivity contribution in [1.82, 2.24) is 0 Å². The number of Topliss-reactive ketones (excluding diaryl/α,β-unsaturated/α-hetero) is 4. The predicted octanol–water partition coefficient (Wildman–Crippen LogP) is 9.42. The van der Waals surface area contributed by atoms with Gasteiger partial charge in [0.25, 0.3) is 0 Å². The van der Waals surface area contributed by atoms with E-state index in [4.69, 9.17) is 44.4 Å². The van der Waals surface area contributed by atoms with Crippen LogP contribution in [0.1, 0.15) is 184 Å². The predicted molar refractivity (Wildman–Crippen MR) is 231 cm³/mol. The summed E-state index contributed by atoms with van der Waals surface area (Å²) >= 11 is 0. The molecule has 2 atom stereocenters. The highest BCUT2D eigenvalue weighted by Gasteiger charge is 2.26. The first-order chi connectivity index (χ1) is 26.8. The second-order valence-electron chi connectivity index (χ2n) is 19.3. The van der Waals surface area contributed by atoms with Gasteiger partial charge in [-0.15, -0.1) is 0 Å². The molecule has 0 aromatic carbocycles. The smallest absolute Gasteiger partial charge is 0.313 e. The van der Waals surface area contributed by atoms with E-state index in [1.807, 2.05) is 27.7 Å². The normalized spacial score (nSPS) is 15.9. The van der Waals surface area contributed by atoms with Crippen LogP contribution in [-0.4, -0.2) is 59.3 Å². The Kier molecular flexibility index (Phi) is 26.8. The first-order valence-corrected chi connectivity index (χ1v) is 26.0. The minimum absolute atomic E-state index is 0.0219. The topological polar surface area (TPSA) is 275 Å². The highest BCUT2D eigenvalue weighted by molar-refractivity contribution is 7.51. The van der Waals surface area contributed by atoms with E-state index in [0.29, 0.717) is 116 Å². The molecule has 0 saturated carbocycles. The fourth-order valence-corrected chi connectivity index (χ4v) is 8.31. The van der Waals surface area contributed by atoms with Crippen molar-refractivity contribution in [2.75, 3.05) is 26.4 Å². The molecule has 0 aromatic heterocycles. The Morgan fingerprint density at radius 3 is 0.983 bits per heavy atom. The number of carbonyl (C=O) groups excluding carboxylic acids is 4. The Balaban J connectivity index is 4.16. The van der Waals surface area contributed by atoms with Gasteiger partial charge in [0.15, 0.2) is 0 Å². The van der Waals surface area contributed by atoms with E-state index in [-0.39, 0.29) is 60.4 Å². The molecule has 0 aliphatic carbocycles. The molecule has 59 heavy (non-hydrogen) atoms. The van der Waals surface area contributed by atoms with Gasteiger partial charge in [-0.25, -0.2) is 30.2 Å². The van der Waals surface area contributed by atoms with Crippen molar-refractivity contribution in [3.63, 3.8) is 0 Å². The van der Waals surface area contributed by atoms with Crippen molar-refractivity contribution >= 4 is 46.4 Å². The standard InChI is InChI=1S/C40H80N3O13P3/c1-37(2,27-21-35(46)17-9-15-33(44)19-11-23-39(5,6)31-55-57(41,48)49)25-13-29-53-59(43,52)54-30-14-26-38(3,4)28-22-36(47)18-10-16-34(45)20-12-24-40(7,8)32-56-58(42,50)51/h9-32H2,1-8H3,(H2,43,52)(H3,41,48,49)(H3,42,50,51). The third kappa shape index (κ3) is 36.2. The second kappa shape index (κ2) is 27.3. The van der Waals surface area contributed by atoms with Gasteiger partial charge in [-0.1, -0.05) is 55.4 Å². The summed E-state index contributed by atoms with van der Waals surface area (Å²) < 4.78 is 55.4. The van der Waals surface area contributed by atoms with Gasteiger partial charge in [-0.2, -0.15) is 0 Å². The van der Waals surface area contributed by atoms with E-state index in [0.717, 1.165) is 12.8 Å². The van der Waals surface area contributed by atoms with Crippen LogP contribution in [0.5, 0.6) is 0 Å². The summed E-state index contributed by atoms with van der Waals surface area (Å²) in [6, 6.07) is 0. The van der Waals surface area contributed by atoms with Crippen molar-refractivity contribution in [3.8, 4) is 0 Å². The van der Waals surface area contributed by atoms with Crippen LogP contribution in [-0.2, 0) is 51.0 Å². The summed E-state index contributed by atoms with van der Waals surface area (Å²) in [6.45, 7) is 16.1. The zero-order chi connectivity index (χ0) is 45.6. The lowest BCUT2D eigenvalue weighted by molar-refractivity contribution is -0.122. The van der Waals surface area contributed by atoms with E-state index in [2.05, 4.69) is 27.7 Å². The highest BCUT2D eigenvalue weighted by atomic mass is 31.2. The average molecular weight is 904 g/mol. The van der Waals surface area contributed by atoms with Crippen LogP contribution in [0, 0.1) is 21.7 Å². The maximum atomic E-state index is 12.7. The van der Waals surface area contributed by atoms with E-state index >= 15 is 0 Å². The summed E-state index contributed by atoms with van der Waals surface area (Å²) in [4.78, 5) is 67.8. The molecule has 0 heterocycles. The molecule has 8 N–H and O–H groups in total. The van der Waals surface area contributed by atoms with Gasteiger partial charge in [0.1, 0.15) is 23.1 Å². The molecule has 0 aliphatic rings. The monoisotopic (exact) mass is 903 g/mol. The van der Waals surface area contributed by atoms with E-state index in [1.165, 1.54) is 0 Å². The minimum atomic E-state index is -4.03. The molecule has 0 saturated heterocycles. The highest BCUT2D eigenvalue weighted by Crippen LogP contribution is 2.41. The Labute approximate surface area is 354 Å². The van der Waals surface area contributed by atoms with Crippen LogP contribution in [0.25, 0.3) is 0 Å². The molecule has 0 aliphatic heterocycles. The van der Waals surface area contributed by atoms with Crippen LogP contribution in [0.15, 0.2) is 0 Å². The van der Waals surface area contributed by atoms with Crippen molar-refractivity contribution in [2.45, 2.75) is 184 Å². The quantitative estimate of drug-likeness (QED) is 0.0285. The van der Waals surface area contributed by atoms with Gasteiger partial charge < -0.3 is 9.79 Å². The first kappa shape index (κ1) is 58.0. The molecule has 2 unspecified atom stereocenters.